The molecule has 0 radical (unpaired) electrons. The molecule has 1 aliphatic heterocycles. The molecule has 0 aromatic rings. The van der Waals surface area contributed by atoms with Crippen molar-refractivity contribution in [1.29, 1.82) is 0 Å². The van der Waals surface area contributed by atoms with Gasteiger partial charge in [0.05, 0.1) is 13.7 Å². The second-order valence-corrected chi connectivity index (χ2v) is 4.29. The lowest BCUT2D eigenvalue weighted by Crippen LogP contribution is -2.55. The number of esters is 1. The van der Waals surface area contributed by atoms with Crippen molar-refractivity contribution in [2.75, 3.05) is 40.3 Å². The highest BCUT2D eigenvalue weighted by Gasteiger charge is 2.35. The molecule has 0 saturated carbocycles. The van der Waals surface area contributed by atoms with E-state index < -0.39 is 11.6 Å². The first-order chi connectivity index (χ1) is 7.36. The van der Waals surface area contributed by atoms with Crippen LogP contribution in [0.2, 0.25) is 0 Å². The number of methoxy groups -OCH3 is 1. The Balaban J connectivity index is 2.55. The maximum absolute atomic E-state index is 11.4. The van der Waals surface area contributed by atoms with E-state index in [9.17, 15) is 14.7 Å². The van der Waals surface area contributed by atoms with Crippen molar-refractivity contribution in [1.82, 2.24) is 9.80 Å². The normalized spacial score (nSPS) is 21.8. The fraction of sp³-hybridized carbons (Fsp3) is 0.800. The molecule has 1 saturated heterocycles. The molecule has 1 unspecified atom stereocenters. The molecule has 16 heavy (non-hydrogen) atoms. The van der Waals surface area contributed by atoms with E-state index in [0.717, 1.165) is 0 Å². The van der Waals surface area contributed by atoms with Gasteiger partial charge >= 0.3 is 5.97 Å². The Bertz CT molecular complexity index is 291. The zero-order valence-corrected chi connectivity index (χ0v) is 9.89. The summed E-state index contributed by atoms with van der Waals surface area (Å²) in [6, 6.07) is 0. The molecule has 1 fully saturated rings. The summed E-state index contributed by atoms with van der Waals surface area (Å²) in [5.74, 6) is -0.689. The highest BCUT2D eigenvalue weighted by molar-refractivity contribution is 5.80. The van der Waals surface area contributed by atoms with E-state index in [2.05, 4.69) is 4.74 Å². The number of amides is 1. The molecule has 1 N–H and O–H groups in total. The maximum atomic E-state index is 11.4. The molecule has 0 aliphatic carbocycles. The monoisotopic (exact) mass is 230 g/mol. The second kappa shape index (κ2) is 4.80. The van der Waals surface area contributed by atoms with Crippen molar-refractivity contribution in [3.8, 4) is 0 Å². The molecule has 0 bridgehead atoms. The van der Waals surface area contributed by atoms with Crippen molar-refractivity contribution >= 4 is 11.9 Å². The van der Waals surface area contributed by atoms with Crippen LogP contribution in [-0.4, -0.2) is 72.7 Å². The number of β-amino-alcohol motifs (C(OH)–C–C–N with tert-alkyl or cyclic N) is 1. The number of piperazine rings is 1. The van der Waals surface area contributed by atoms with Gasteiger partial charge < -0.3 is 14.7 Å². The maximum Gasteiger partial charge on any atom is 0.338 e. The lowest BCUT2D eigenvalue weighted by Gasteiger charge is -2.35. The largest absolute Gasteiger partial charge is 0.467 e. The number of carbonyl (C=O) groups excluding carboxylic acids is 2. The van der Waals surface area contributed by atoms with Crippen LogP contribution >= 0.6 is 0 Å². The summed E-state index contributed by atoms with van der Waals surface area (Å²) >= 11 is 0. The number of carbonyl (C=O) groups is 2. The first kappa shape index (κ1) is 12.9. The summed E-state index contributed by atoms with van der Waals surface area (Å²) in [7, 11) is 2.96. The van der Waals surface area contributed by atoms with Crippen LogP contribution in [0.25, 0.3) is 0 Å². The van der Waals surface area contributed by atoms with Crippen molar-refractivity contribution in [3.63, 3.8) is 0 Å². The molecule has 6 nitrogen and oxygen atoms in total. The minimum absolute atomic E-state index is 0.00749. The average Bonchev–Trinajstić information content (AvgIpc) is 2.22. The Hall–Kier alpha value is -1.14. The summed E-state index contributed by atoms with van der Waals surface area (Å²) in [5, 5.41) is 9.85. The number of ether oxygens (including phenoxy) is 1. The SMILES string of the molecule is COC(=O)C(C)(O)CN1CCN(C)C(=O)C1. The Morgan fingerprint density at radius 2 is 2.19 bits per heavy atom. The van der Waals surface area contributed by atoms with Gasteiger partial charge in [0.25, 0.3) is 0 Å². The van der Waals surface area contributed by atoms with Gasteiger partial charge in [0, 0.05) is 26.7 Å². The number of rotatable bonds is 3. The highest BCUT2D eigenvalue weighted by Crippen LogP contribution is 2.11. The smallest absolute Gasteiger partial charge is 0.338 e. The number of aliphatic hydroxyl groups is 1. The molecule has 0 spiro atoms. The van der Waals surface area contributed by atoms with Gasteiger partial charge in [-0.15, -0.1) is 0 Å². The Labute approximate surface area is 94.8 Å². The first-order valence-electron chi connectivity index (χ1n) is 5.14. The number of hydrogen-bond donors (Lipinski definition) is 1. The van der Waals surface area contributed by atoms with Gasteiger partial charge in [-0.1, -0.05) is 0 Å². The molecule has 0 aromatic carbocycles. The fourth-order valence-electron chi connectivity index (χ4n) is 1.66. The number of hydrogen-bond acceptors (Lipinski definition) is 5. The van der Waals surface area contributed by atoms with Crippen molar-refractivity contribution in [2.24, 2.45) is 0 Å². The van der Waals surface area contributed by atoms with Crippen LogP contribution in [0, 0.1) is 0 Å². The second-order valence-electron chi connectivity index (χ2n) is 4.29. The minimum atomic E-state index is -1.56. The van der Waals surface area contributed by atoms with E-state index in [1.54, 1.807) is 16.8 Å². The lowest BCUT2D eigenvalue weighted by atomic mass is 10.1. The van der Waals surface area contributed by atoms with Crippen LogP contribution in [0.5, 0.6) is 0 Å². The average molecular weight is 230 g/mol. The topological polar surface area (TPSA) is 70.1 Å². The minimum Gasteiger partial charge on any atom is -0.467 e. The molecule has 1 atom stereocenters. The quantitative estimate of drug-likeness (QED) is 0.609. The van der Waals surface area contributed by atoms with Crippen molar-refractivity contribution in [2.45, 2.75) is 12.5 Å². The lowest BCUT2D eigenvalue weighted by molar-refractivity contribution is -0.163. The predicted octanol–water partition coefficient (Wildman–Crippen LogP) is -1.32. The molecule has 1 aliphatic rings. The van der Waals surface area contributed by atoms with Gasteiger partial charge in [-0.3, -0.25) is 9.69 Å². The number of nitrogens with zero attached hydrogens (tertiary/aromatic N) is 2. The van der Waals surface area contributed by atoms with E-state index in [-0.39, 0.29) is 19.0 Å². The molecule has 92 valence electrons. The fourth-order valence-corrected chi connectivity index (χ4v) is 1.66. The zero-order valence-electron chi connectivity index (χ0n) is 9.89. The van der Waals surface area contributed by atoms with Gasteiger partial charge in [-0.05, 0) is 6.92 Å². The summed E-state index contributed by atoms with van der Waals surface area (Å²) < 4.78 is 4.49. The van der Waals surface area contributed by atoms with Crippen LogP contribution in [0.1, 0.15) is 6.92 Å². The van der Waals surface area contributed by atoms with Crippen molar-refractivity contribution < 1.29 is 19.4 Å². The predicted molar refractivity (Wildman–Crippen MR) is 56.7 cm³/mol. The van der Waals surface area contributed by atoms with Crippen LogP contribution in [0.4, 0.5) is 0 Å². The molecular formula is C10H18N2O4. The van der Waals surface area contributed by atoms with Gasteiger partial charge in [0.1, 0.15) is 0 Å². The third-order valence-electron chi connectivity index (χ3n) is 2.69. The Morgan fingerprint density at radius 1 is 1.56 bits per heavy atom. The van der Waals surface area contributed by atoms with Crippen molar-refractivity contribution in [3.05, 3.63) is 0 Å². The van der Waals surface area contributed by atoms with Gasteiger partial charge in [-0.25, -0.2) is 4.79 Å². The van der Waals surface area contributed by atoms with Gasteiger partial charge in [0.2, 0.25) is 5.91 Å². The molecule has 1 rings (SSSR count). The third-order valence-corrected chi connectivity index (χ3v) is 2.69. The Morgan fingerprint density at radius 3 is 2.69 bits per heavy atom. The van der Waals surface area contributed by atoms with Crippen LogP contribution in [-0.2, 0) is 14.3 Å². The zero-order chi connectivity index (χ0) is 12.3. The molecular weight excluding hydrogens is 212 g/mol. The molecule has 1 amide bonds. The van der Waals surface area contributed by atoms with Crippen LogP contribution < -0.4 is 0 Å². The van der Waals surface area contributed by atoms with E-state index >= 15 is 0 Å². The molecule has 6 heteroatoms. The van der Waals surface area contributed by atoms with E-state index in [4.69, 9.17) is 0 Å². The Kier molecular flexibility index (Phi) is 3.88. The van der Waals surface area contributed by atoms with E-state index in [0.29, 0.717) is 13.1 Å². The third kappa shape index (κ3) is 2.93. The summed E-state index contributed by atoms with van der Waals surface area (Å²) in [5.41, 5.74) is -1.56. The van der Waals surface area contributed by atoms with Gasteiger partial charge in [0.15, 0.2) is 5.60 Å². The summed E-state index contributed by atoms with van der Waals surface area (Å²) in [4.78, 5) is 26.1. The highest BCUT2D eigenvalue weighted by atomic mass is 16.5. The van der Waals surface area contributed by atoms with Crippen LogP contribution in [0.3, 0.4) is 0 Å². The molecule has 0 aromatic heterocycles. The first-order valence-corrected chi connectivity index (χ1v) is 5.14. The van der Waals surface area contributed by atoms with Gasteiger partial charge in [-0.2, -0.15) is 0 Å². The van der Waals surface area contributed by atoms with Crippen LogP contribution in [0.15, 0.2) is 0 Å². The molecule has 1 heterocycles. The van der Waals surface area contributed by atoms with E-state index in [1.807, 2.05) is 0 Å². The standard InChI is InChI=1S/C10H18N2O4/c1-10(15,9(14)16-3)7-12-5-4-11(2)8(13)6-12/h15H,4-7H2,1-3H3. The summed E-state index contributed by atoms with van der Waals surface area (Å²) in [6.07, 6.45) is 0. The summed E-state index contributed by atoms with van der Waals surface area (Å²) in [6.45, 7) is 2.98. The van der Waals surface area contributed by atoms with E-state index in [1.165, 1.54) is 14.0 Å². The number of likely N-dealkylation sites (N-methyl/N-ethyl adjacent to an activating group) is 1.